The highest BCUT2D eigenvalue weighted by Crippen LogP contribution is 2.33. The van der Waals surface area contributed by atoms with Gasteiger partial charge in [-0.25, -0.2) is 4.98 Å². The highest BCUT2D eigenvalue weighted by Gasteiger charge is 2.17. The lowest BCUT2D eigenvalue weighted by Crippen LogP contribution is -2.03. The SMILES string of the molecule is O=C(CSc1nnc2c(n1)[nH]c1ccccc12)c1ccc2c(c1)OCO2. The van der Waals surface area contributed by atoms with Crippen LogP contribution in [0, 0.1) is 0 Å². The maximum atomic E-state index is 12.4. The van der Waals surface area contributed by atoms with Crippen molar-refractivity contribution in [1.29, 1.82) is 0 Å². The number of Topliss-reactive ketones (excluding diaryl/α,β-unsaturated/α-hetero) is 1. The van der Waals surface area contributed by atoms with E-state index in [0.29, 0.717) is 27.9 Å². The normalized spacial score (nSPS) is 12.8. The summed E-state index contributed by atoms with van der Waals surface area (Å²) < 4.78 is 10.6. The van der Waals surface area contributed by atoms with E-state index < -0.39 is 0 Å². The predicted octanol–water partition coefficient (Wildman–Crippen LogP) is 3.21. The van der Waals surface area contributed by atoms with Gasteiger partial charge >= 0.3 is 0 Å². The number of hydrogen-bond acceptors (Lipinski definition) is 7. The molecule has 0 saturated carbocycles. The van der Waals surface area contributed by atoms with Gasteiger partial charge in [-0.05, 0) is 24.3 Å². The second-order valence-electron chi connectivity index (χ2n) is 5.74. The number of ether oxygens (including phenoxy) is 2. The summed E-state index contributed by atoms with van der Waals surface area (Å²) in [7, 11) is 0. The third-order valence-electron chi connectivity index (χ3n) is 4.13. The summed E-state index contributed by atoms with van der Waals surface area (Å²) >= 11 is 1.26. The number of hydrogen-bond donors (Lipinski definition) is 1. The lowest BCUT2D eigenvalue weighted by atomic mass is 10.1. The van der Waals surface area contributed by atoms with E-state index in [1.807, 2.05) is 24.3 Å². The van der Waals surface area contributed by atoms with Crippen LogP contribution in [0.3, 0.4) is 0 Å². The monoisotopic (exact) mass is 364 g/mol. The minimum absolute atomic E-state index is 0.0337. The molecule has 128 valence electrons. The molecule has 0 spiro atoms. The van der Waals surface area contributed by atoms with Crippen molar-refractivity contribution in [3.8, 4) is 11.5 Å². The molecule has 2 aromatic carbocycles. The molecule has 2 aromatic heterocycles. The molecule has 26 heavy (non-hydrogen) atoms. The highest BCUT2D eigenvalue weighted by atomic mass is 32.2. The van der Waals surface area contributed by atoms with Crippen LogP contribution in [-0.2, 0) is 0 Å². The first-order valence-electron chi connectivity index (χ1n) is 7.95. The Morgan fingerprint density at radius 2 is 2.00 bits per heavy atom. The third-order valence-corrected chi connectivity index (χ3v) is 4.97. The van der Waals surface area contributed by atoms with Crippen molar-refractivity contribution in [3.63, 3.8) is 0 Å². The van der Waals surface area contributed by atoms with E-state index in [1.165, 1.54) is 11.8 Å². The second-order valence-corrected chi connectivity index (χ2v) is 6.68. The standard InChI is InChI=1S/C18H12N4O3S/c23-13(10-5-6-14-15(7-10)25-9-24-14)8-26-18-20-17-16(21-22-18)11-3-1-2-4-12(11)19-17/h1-7H,8-9H2,(H,19,20,22). The zero-order valence-electron chi connectivity index (χ0n) is 13.4. The molecule has 0 aliphatic carbocycles. The van der Waals surface area contributed by atoms with Gasteiger partial charge in [0, 0.05) is 16.5 Å². The predicted molar refractivity (Wildman–Crippen MR) is 96.8 cm³/mol. The molecular weight excluding hydrogens is 352 g/mol. The van der Waals surface area contributed by atoms with Crippen LogP contribution in [0.5, 0.6) is 11.5 Å². The fourth-order valence-corrected chi connectivity index (χ4v) is 3.53. The van der Waals surface area contributed by atoms with Crippen LogP contribution in [0.15, 0.2) is 47.6 Å². The average Bonchev–Trinajstić information content (AvgIpc) is 3.29. The topological polar surface area (TPSA) is 90.0 Å². The van der Waals surface area contributed by atoms with Gasteiger partial charge in [-0.3, -0.25) is 4.79 Å². The molecule has 0 amide bonds. The lowest BCUT2D eigenvalue weighted by Gasteiger charge is -2.02. The zero-order chi connectivity index (χ0) is 17.5. The first-order chi connectivity index (χ1) is 12.8. The van der Waals surface area contributed by atoms with Crippen LogP contribution in [0.1, 0.15) is 10.4 Å². The van der Waals surface area contributed by atoms with E-state index in [0.717, 1.165) is 16.4 Å². The Bertz CT molecular complexity index is 1160. The quantitative estimate of drug-likeness (QED) is 0.439. The largest absolute Gasteiger partial charge is 0.454 e. The molecule has 3 heterocycles. The Morgan fingerprint density at radius 1 is 1.12 bits per heavy atom. The van der Waals surface area contributed by atoms with Crippen molar-refractivity contribution in [1.82, 2.24) is 20.2 Å². The molecule has 1 aliphatic rings. The fourth-order valence-electron chi connectivity index (χ4n) is 2.85. The van der Waals surface area contributed by atoms with E-state index in [1.54, 1.807) is 18.2 Å². The number of benzene rings is 2. The maximum absolute atomic E-state index is 12.4. The summed E-state index contributed by atoms with van der Waals surface area (Å²) in [5.74, 6) is 1.44. The van der Waals surface area contributed by atoms with Crippen molar-refractivity contribution in [3.05, 3.63) is 48.0 Å². The van der Waals surface area contributed by atoms with Crippen LogP contribution < -0.4 is 9.47 Å². The van der Waals surface area contributed by atoms with Crippen LogP contribution in [0.25, 0.3) is 22.1 Å². The van der Waals surface area contributed by atoms with E-state index in [4.69, 9.17) is 9.47 Å². The number of nitrogens with zero attached hydrogens (tertiary/aromatic N) is 3. The molecule has 1 N–H and O–H groups in total. The van der Waals surface area contributed by atoms with Gasteiger partial charge in [-0.15, -0.1) is 10.2 Å². The molecule has 7 nitrogen and oxygen atoms in total. The van der Waals surface area contributed by atoms with Gasteiger partial charge in [-0.2, -0.15) is 0 Å². The Balaban J connectivity index is 1.36. The minimum atomic E-state index is -0.0337. The molecule has 0 unspecified atom stereocenters. The van der Waals surface area contributed by atoms with Crippen LogP contribution in [0.2, 0.25) is 0 Å². The third kappa shape index (κ3) is 2.55. The lowest BCUT2D eigenvalue weighted by molar-refractivity contribution is 0.102. The number of fused-ring (bicyclic) bond motifs is 4. The summed E-state index contributed by atoms with van der Waals surface area (Å²) in [6, 6.07) is 13.0. The van der Waals surface area contributed by atoms with Crippen molar-refractivity contribution in [2.75, 3.05) is 12.5 Å². The van der Waals surface area contributed by atoms with Crippen molar-refractivity contribution < 1.29 is 14.3 Å². The van der Waals surface area contributed by atoms with Gasteiger partial charge in [0.15, 0.2) is 22.9 Å². The number of thioether (sulfide) groups is 1. The first-order valence-corrected chi connectivity index (χ1v) is 8.93. The molecule has 1 aliphatic heterocycles. The number of aromatic nitrogens is 4. The number of rotatable bonds is 4. The average molecular weight is 364 g/mol. The number of carbonyl (C=O) groups excluding carboxylic acids is 1. The second kappa shape index (κ2) is 5.99. The summed E-state index contributed by atoms with van der Waals surface area (Å²) in [5.41, 5.74) is 2.93. The van der Waals surface area contributed by atoms with Gasteiger partial charge in [0.05, 0.1) is 5.75 Å². The summed E-state index contributed by atoms with van der Waals surface area (Å²) in [6.07, 6.45) is 0. The Kier molecular flexibility index (Phi) is 3.49. The number of ketones is 1. The van der Waals surface area contributed by atoms with Crippen LogP contribution in [-0.4, -0.2) is 38.5 Å². The first kappa shape index (κ1) is 15.2. The smallest absolute Gasteiger partial charge is 0.231 e. The van der Waals surface area contributed by atoms with E-state index in [-0.39, 0.29) is 18.3 Å². The van der Waals surface area contributed by atoms with E-state index >= 15 is 0 Å². The molecule has 5 rings (SSSR count). The Labute approximate surface area is 151 Å². The number of para-hydroxylation sites is 1. The molecule has 0 saturated heterocycles. The fraction of sp³-hybridized carbons (Fsp3) is 0.111. The number of carbonyl (C=O) groups is 1. The van der Waals surface area contributed by atoms with Crippen molar-refractivity contribution >= 4 is 39.6 Å². The van der Waals surface area contributed by atoms with Crippen LogP contribution in [0.4, 0.5) is 0 Å². The minimum Gasteiger partial charge on any atom is -0.454 e. The van der Waals surface area contributed by atoms with E-state index in [9.17, 15) is 4.79 Å². The molecule has 0 fully saturated rings. The highest BCUT2D eigenvalue weighted by molar-refractivity contribution is 7.99. The van der Waals surface area contributed by atoms with Gasteiger partial charge in [0.2, 0.25) is 11.9 Å². The molecule has 0 bridgehead atoms. The van der Waals surface area contributed by atoms with Gasteiger partial charge in [-0.1, -0.05) is 30.0 Å². The molecule has 0 atom stereocenters. The van der Waals surface area contributed by atoms with Crippen LogP contribution >= 0.6 is 11.8 Å². The Hall–Kier alpha value is -3.13. The number of aromatic amines is 1. The van der Waals surface area contributed by atoms with Gasteiger partial charge < -0.3 is 14.5 Å². The van der Waals surface area contributed by atoms with Gasteiger partial charge in [0.1, 0.15) is 5.52 Å². The van der Waals surface area contributed by atoms with Gasteiger partial charge in [0.25, 0.3) is 0 Å². The molecule has 0 radical (unpaired) electrons. The summed E-state index contributed by atoms with van der Waals surface area (Å²) in [6.45, 7) is 0.186. The Morgan fingerprint density at radius 3 is 2.96 bits per heavy atom. The molecule has 8 heteroatoms. The summed E-state index contributed by atoms with van der Waals surface area (Å²) in [4.78, 5) is 20.1. The number of H-pyrrole nitrogens is 1. The maximum Gasteiger partial charge on any atom is 0.231 e. The number of nitrogens with one attached hydrogen (secondary N) is 1. The zero-order valence-corrected chi connectivity index (χ0v) is 14.2. The van der Waals surface area contributed by atoms with Crippen molar-refractivity contribution in [2.45, 2.75) is 5.16 Å². The summed E-state index contributed by atoms with van der Waals surface area (Å²) in [5, 5.41) is 9.83. The van der Waals surface area contributed by atoms with Crippen molar-refractivity contribution in [2.24, 2.45) is 0 Å². The molecule has 4 aromatic rings. The van der Waals surface area contributed by atoms with E-state index in [2.05, 4.69) is 20.2 Å². The molecular formula is C18H12N4O3S.